The van der Waals surface area contributed by atoms with Gasteiger partial charge in [0.25, 0.3) is 0 Å². The number of benzene rings is 1. The number of nitrogens with two attached hydrogens (primary N) is 1. The van der Waals surface area contributed by atoms with Crippen LogP contribution >= 0.6 is 11.6 Å². The zero-order chi connectivity index (χ0) is 15.5. The monoisotopic (exact) mass is 308 g/mol. The predicted molar refractivity (Wildman–Crippen MR) is 78.5 cm³/mol. The van der Waals surface area contributed by atoms with Gasteiger partial charge in [0.2, 0.25) is 11.8 Å². The Bertz CT molecular complexity index is 643. The minimum atomic E-state index is -1.08. The number of aryl methyl sites for hydroxylation is 1. The Labute approximate surface area is 127 Å². The molecule has 0 spiro atoms. The molecule has 0 unspecified atom stereocenters. The molecule has 1 heterocycles. The first-order valence-electron chi connectivity index (χ1n) is 6.58. The molecule has 1 aromatic heterocycles. The molecular weight excluding hydrogens is 292 g/mol. The number of primary amides is 1. The van der Waals surface area contributed by atoms with E-state index < -0.39 is 11.4 Å². The molecule has 2 rings (SSSR count). The molecule has 0 saturated carbocycles. The summed E-state index contributed by atoms with van der Waals surface area (Å²) < 4.78 is 5.09. The number of rotatable bonds is 6. The zero-order valence-corrected chi connectivity index (χ0v) is 12.6. The van der Waals surface area contributed by atoms with Gasteiger partial charge in [-0.3, -0.25) is 10.1 Å². The lowest BCUT2D eigenvalue weighted by Gasteiger charge is -2.27. The maximum absolute atomic E-state index is 11.9. The Morgan fingerprint density at radius 3 is 2.86 bits per heavy atom. The van der Waals surface area contributed by atoms with Crippen LogP contribution in [0, 0.1) is 0 Å². The van der Waals surface area contributed by atoms with Gasteiger partial charge in [-0.25, -0.2) is 0 Å². The fourth-order valence-corrected chi connectivity index (χ4v) is 2.08. The summed E-state index contributed by atoms with van der Waals surface area (Å²) in [6.45, 7) is 3.86. The van der Waals surface area contributed by atoms with Crippen LogP contribution in [0.25, 0.3) is 0 Å². The quantitative estimate of drug-likeness (QED) is 0.848. The zero-order valence-electron chi connectivity index (χ0n) is 11.9. The smallest absolute Gasteiger partial charge is 0.242 e. The number of halogens is 1. The molecule has 7 heteroatoms. The maximum Gasteiger partial charge on any atom is 0.242 e. The highest BCUT2D eigenvalue weighted by Crippen LogP contribution is 2.24. The van der Waals surface area contributed by atoms with Gasteiger partial charge >= 0.3 is 0 Å². The maximum atomic E-state index is 11.9. The van der Waals surface area contributed by atoms with E-state index in [-0.39, 0.29) is 6.54 Å². The second-order valence-electron chi connectivity index (χ2n) is 4.81. The molecule has 1 aromatic carbocycles. The Morgan fingerprint density at radius 1 is 1.52 bits per heavy atom. The van der Waals surface area contributed by atoms with Crippen LogP contribution in [0.3, 0.4) is 0 Å². The molecule has 2 aromatic rings. The lowest BCUT2D eigenvalue weighted by Crippen LogP contribution is -2.50. The van der Waals surface area contributed by atoms with Crippen molar-refractivity contribution in [3.63, 3.8) is 0 Å². The number of amides is 1. The summed E-state index contributed by atoms with van der Waals surface area (Å²) in [5.41, 5.74) is 5.14. The molecular formula is C14H17ClN4O2. The van der Waals surface area contributed by atoms with Gasteiger partial charge < -0.3 is 10.3 Å². The topological polar surface area (TPSA) is 94.0 Å². The van der Waals surface area contributed by atoms with Crippen LogP contribution in [-0.2, 0) is 23.3 Å². The highest BCUT2D eigenvalue weighted by molar-refractivity contribution is 6.30. The van der Waals surface area contributed by atoms with Crippen LogP contribution in [-0.4, -0.2) is 16.0 Å². The lowest BCUT2D eigenvalue weighted by atomic mass is 9.91. The van der Waals surface area contributed by atoms with E-state index in [0.29, 0.717) is 28.7 Å². The first-order valence-corrected chi connectivity index (χ1v) is 6.96. The van der Waals surface area contributed by atoms with Crippen molar-refractivity contribution in [1.82, 2.24) is 15.5 Å². The van der Waals surface area contributed by atoms with E-state index in [1.165, 1.54) is 0 Å². The van der Waals surface area contributed by atoms with Gasteiger partial charge in [0.15, 0.2) is 5.82 Å². The van der Waals surface area contributed by atoms with Gasteiger partial charge in [-0.05, 0) is 24.6 Å². The standard InChI is InChI=1S/C14H17ClN4O2/c1-3-11-18-12(21-19-11)8-17-14(2,13(16)20)9-5-4-6-10(15)7-9/h4-7,17H,3,8H2,1-2H3,(H2,16,20)/t14-/m0/s1. The second kappa shape index (κ2) is 6.24. The third-order valence-corrected chi connectivity index (χ3v) is 3.55. The molecule has 0 aliphatic heterocycles. The van der Waals surface area contributed by atoms with Crippen molar-refractivity contribution in [1.29, 1.82) is 0 Å². The van der Waals surface area contributed by atoms with Crippen molar-refractivity contribution in [2.45, 2.75) is 32.4 Å². The van der Waals surface area contributed by atoms with E-state index in [9.17, 15) is 4.79 Å². The highest BCUT2D eigenvalue weighted by Gasteiger charge is 2.33. The Morgan fingerprint density at radius 2 is 2.29 bits per heavy atom. The Hall–Kier alpha value is -1.92. The summed E-state index contributed by atoms with van der Waals surface area (Å²) in [4.78, 5) is 16.0. The van der Waals surface area contributed by atoms with Gasteiger partial charge in [0, 0.05) is 11.4 Å². The van der Waals surface area contributed by atoms with Crippen molar-refractivity contribution >= 4 is 17.5 Å². The summed E-state index contributed by atoms with van der Waals surface area (Å²) in [6, 6.07) is 6.99. The average Bonchev–Trinajstić information content (AvgIpc) is 2.92. The Kier molecular flexibility index (Phi) is 4.59. The fraction of sp³-hybridized carbons (Fsp3) is 0.357. The second-order valence-corrected chi connectivity index (χ2v) is 5.25. The number of carbonyl (C=O) groups is 1. The van der Waals surface area contributed by atoms with E-state index in [0.717, 1.165) is 0 Å². The van der Waals surface area contributed by atoms with Crippen molar-refractivity contribution in [2.75, 3.05) is 0 Å². The van der Waals surface area contributed by atoms with Gasteiger partial charge in [-0.1, -0.05) is 35.8 Å². The SMILES string of the molecule is CCc1noc(CN[C@](C)(C(N)=O)c2cccc(Cl)c2)n1. The van der Waals surface area contributed by atoms with Gasteiger partial charge in [-0.15, -0.1) is 0 Å². The van der Waals surface area contributed by atoms with E-state index in [1.807, 2.05) is 6.92 Å². The molecule has 0 saturated heterocycles. The molecule has 1 atom stereocenters. The van der Waals surface area contributed by atoms with Crippen LogP contribution in [0.1, 0.15) is 31.1 Å². The number of aromatic nitrogens is 2. The first-order chi connectivity index (χ1) is 9.95. The molecule has 21 heavy (non-hydrogen) atoms. The molecule has 112 valence electrons. The summed E-state index contributed by atoms with van der Waals surface area (Å²) in [6.07, 6.45) is 0.685. The lowest BCUT2D eigenvalue weighted by molar-refractivity contribution is -0.124. The van der Waals surface area contributed by atoms with Gasteiger partial charge in [0.05, 0.1) is 6.54 Å². The predicted octanol–water partition coefficient (Wildman–Crippen LogP) is 1.78. The largest absolute Gasteiger partial charge is 0.368 e. The van der Waals surface area contributed by atoms with Crippen LogP contribution in [0.5, 0.6) is 0 Å². The molecule has 0 aliphatic carbocycles. The third-order valence-electron chi connectivity index (χ3n) is 3.31. The third kappa shape index (κ3) is 3.40. The molecule has 6 nitrogen and oxygen atoms in total. The van der Waals surface area contributed by atoms with Gasteiger partial charge in [-0.2, -0.15) is 4.98 Å². The summed E-state index contributed by atoms with van der Waals surface area (Å²) >= 11 is 5.97. The molecule has 0 bridgehead atoms. The van der Waals surface area contributed by atoms with Crippen molar-refractivity contribution in [3.8, 4) is 0 Å². The van der Waals surface area contributed by atoms with Crippen LogP contribution in [0.4, 0.5) is 0 Å². The van der Waals surface area contributed by atoms with Crippen molar-refractivity contribution in [2.24, 2.45) is 5.73 Å². The number of nitrogens with zero attached hydrogens (tertiary/aromatic N) is 2. The molecule has 3 N–H and O–H groups in total. The van der Waals surface area contributed by atoms with E-state index in [2.05, 4.69) is 15.5 Å². The molecule has 0 fully saturated rings. The summed E-state index contributed by atoms with van der Waals surface area (Å²) in [7, 11) is 0. The Balaban J connectivity index is 2.20. The van der Waals surface area contributed by atoms with Crippen LogP contribution in [0.2, 0.25) is 5.02 Å². The summed E-state index contributed by atoms with van der Waals surface area (Å²) in [5, 5.41) is 7.40. The fourth-order valence-electron chi connectivity index (χ4n) is 1.89. The normalized spacial score (nSPS) is 13.9. The van der Waals surface area contributed by atoms with Gasteiger partial charge in [0.1, 0.15) is 5.54 Å². The number of carbonyl (C=O) groups excluding carboxylic acids is 1. The highest BCUT2D eigenvalue weighted by atomic mass is 35.5. The van der Waals surface area contributed by atoms with E-state index >= 15 is 0 Å². The first kappa shape index (κ1) is 15.5. The van der Waals surface area contributed by atoms with E-state index in [4.69, 9.17) is 21.9 Å². The summed E-state index contributed by atoms with van der Waals surface area (Å²) in [5.74, 6) is 0.511. The number of nitrogens with one attached hydrogen (secondary N) is 1. The van der Waals surface area contributed by atoms with Crippen molar-refractivity contribution in [3.05, 3.63) is 46.6 Å². The van der Waals surface area contributed by atoms with Crippen molar-refractivity contribution < 1.29 is 9.32 Å². The molecule has 0 aliphatic rings. The minimum Gasteiger partial charge on any atom is -0.368 e. The van der Waals surface area contributed by atoms with Crippen LogP contribution < -0.4 is 11.1 Å². The minimum absolute atomic E-state index is 0.235. The number of hydrogen-bond donors (Lipinski definition) is 2. The van der Waals surface area contributed by atoms with Crippen LogP contribution in [0.15, 0.2) is 28.8 Å². The average molecular weight is 309 g/mol. The number of hydrogen-bond acceptors (Lipinski definition) is 5. The van der Waals surface area contributed by atoms with E-state index in [1.54, 1.807) is 31.2 Å². The molecule has 0 radical (unpaired) electrons. The molecule has 1 amide bonds.